The lowest BCUT2D eigenvalue weighted by Crippen LogP contribution is -2.32. The number of hydrazine groups is 1. The van der Waals surface area contributed by atoms with E-state index in [0.717, 1.165) is 4.90 Å². The van der Waals surface area contributed by atoms with Crippen molar-refractivity contribution in [2.24, 2.45) is 11.2 Å². The van der Waals surface area contributed by atoms with E-state index in [0.29, 0.717) is 6.42 Å². The molecule has 2 rings (SSSR count). The molecule has 0 bridgehead atoms. The summed E-state index contributed by atoms with van der Waals surface area (Å²) < 4.78 is 0. The van der Waals surface area contributed by atoms with Crippen LogP contribution < -0.4 is 0 Å². The lowest BCUT2D eigenvalue weighted by molar-refractivity contribution is -0.708. The third kappa shape index (κ3) is 2.95. The lowest BCUT2D eigenvalue weighted by atomic mass is 10.1. The van der Waals surface area contributed by atoms with Gasteiger partial charge in [-0.2, -0.15) is 0 Å². The molecule has 0 aliphatic carbocycles. The van der Waals surface area contributed by atoms with E-state index < -0.39 is 18.6 Å². The molecule has 2 saturated heterocycles. The largest absolute Gasteiger partial charge is 0.569 e. The molecule has 0 aromatic heterocycles. The van der Waals surface area contributed by atoms with E-state index in [1.54, 1.807) is 0 Å². The maximum atomic E-state index is 11.5. The van der Waals surface area contributed by atoms with Crippen molar-refractivity contribution in [1.29, 1.82) is 0 Å². The maximum absolute atomic E-state index is 11.5. The highest BCUT2D eigenvalue weighted by molar-refractivity contribution is 6.01. The summed E-state index contributed by atoms with van der Waals surface area (Å²) in [5, 5.41) is 24.7. The molecule has 110 valence electrons. The summed E-state index contributed by atoms with van der Waals surface area (Å²) in [6, 6.07) is 0. The zero-order chi connectivity index (χ0) is 14.7. The molecule has 1 atom stereocenters. The summed E-state index contributed by atoms with van der Waals surface area (Å²) in [4.78, 5) is 38.9. The van der Waals surface area contributed by atoms with Gasteiger partial charge in [-0.1, -0.05) is 0 Å². The molecule has 2 heterocycles. The van der Waals surface area contributed by atoms with Gasteiger partial charge in [-0.05, 0) is 6.42 Å². The Morgan fingerprint density at radius 1 is 1.45 bits per heavy atom. The summed E-state index contributed by atoms with van der Waals surface area (Å²) in [6.07, 6.45) is 0.623. The fourth-order valence-electron chi connectivity index (χ4n) is 2.05. The minimum absolute atomic E-state index is 0.0489. The summed E-state index contributed by atoms with van der Waals surface area (Å²) in [5.74, 6) is -2.30. The molecule has 2 aliphatic heterocycles. The molecule has 2 aliphatic rings. The van der Waals surface area contributed by atoms with Crippen molar-refractivity contribution in [1.82, 2.24) is 9.91 Å². The number of likely N-dealkylation sites (tertiary alicyclic amines) is 1. The number of hydrogen-bond donors (Lipinski definition) is 1. The van der Waals surface area contributed by atoms with Crippen LogP contribution in [0.3, 0.4) is 0 Å². The number of carboxylic acid groups (broad SMARTS) is 1. The van der Waals surface area contributed by atoms with Crippen molar-refractivity contribution < 1.29 is 29.3 Å². The highest BCUT2D eigenvalue weighted by Gasteiger charge is 2.33. The van der Waals surface area contributed by atoms with Crippen LogP contribution in [0.1, 0.15) is 19.3 Å². The number of aliphatic carboxylic acids is 1. The van der Waals surface area contributed by atoms with Crippen LogP contribution >= 0.6 is 0 Å². The molecule has 0 aromatic carbocycles. The maximum Gasteiger partial charge on any atom is 0.308 e. The van der Waals surface area contributed by atoms with E-state index in [-0.39, 0.29) is 42.7 Å². The van der Waals surface area contributed by atoms with Crippen molar-refractivity contribution in [2.75, 3.05) is 19.8 Å². The van der Waals surface area contributed by atoms with E-state index in [2.05, 4.69) is 10.1 Å². The van der Waals surface area contributed by atoms with Crippen LogP contribution in [0.4, 0.5) is 0 Å². The molecular formula is C10H14N4O6. The van der Waals surface area contributed by atoms with Crippen molar-refractivity contribution in [2.45, 2.75) is 19.3 Å². The number of carbonyl (C=O) groups excluding carboxylic acids is 2. The van der Waals surface area contributed by atoms with Crippen LogP contribution in [0.25, 0.3) is 0 Å². The average Bonchev–Trinajstić information content (AvgIpc) is 3.00. The van der Waals surface area contributed by atoms with E-state index in [4.69, 9.17) is 5.11 Å². The summed E-state index contributed by atoms with van der Waals surface area (Å²) in [7, 11) is 0. The molecule has 0 radical (unpaired) electrons. The van der Waals surface area contributed by atoms with Gasteiger partial charge < -0.3 is 15.2 Å². The Balaban J connectivity index is 1.81. The number of carbonyl (C=O) groups is 3. The van der Waals surface area contributed by atoms with E-state index in [1.165, 1.54) is 5.01 Å². The predicted octanol–water partition coefficient (Wildman–Crippen LogP) is -0.692. The van der Waals surface area contributed by atoms with Crippen LogP contribution in [0.15, 0.2) is 5.28 Å². The molecule has 2 amide bonds. The second-order valence-corrected chi connectivity index (χ2v) is 4.54. The van der Waals surface area contributed by atoms with Gasteiger partial charge in [0.15, 0.2) is 0 Å². The average molecular weight is 286 g/mol. The normalized spacial score (nSPS) is 23.6. The van der Waals surface area contributed by atoms with Gasteiger partial charge >= 0.3 is 5.97 Å². The number of amides is 2. The number of imide groups is 1. The lowest BCUT2D eigenvalue weighted by Gasteiger charge is -2.13. The number of hydrogen-bond acceptors (Lipinski definition) is 6. The smallest absolute Gasteiger partial charge is 0.308 e. The number of nitrogens with zero attached hydrogens (tertiary/aromatic N) is 4. The van der Waals surface area contributed by atoms with E-state index in [1.807, 2.05) is 0 Å². The Bertz CT molecular complexity index is 449. The first-order valence-electron chi connectivity index (χ1n) is 6.10. The topological polar surface area (TPSA) is 126 Å². The number of carboxylic acids is 1. The molecule has 1 unspecified atom stereocenters. The van der Waals surface area contributed by atoms with E-state index in [9.17, 15) is 19.6 Å². The minimum Gasteiger partial charge on any atom is -0.569 e. The highest BCUT2D eigenvalue weighted by atomic mass is 16.7. The number of rotatable bonds is 5. The van der Waals surface area contributed by atoms with Gasteiger partial charge in [-0.25, -0.2) is 4.90 Å². The molecule has 10 nitrogen and oxygen atoms in total. The van der Waals surface area contributed by atoms with Crippen LogP contribution in [0.2, 0.25) is 0 Å². The Labute approximate surface area is 113 Å². The van der Waals surface area contributed by atoms with E-state index >= 15 is 0 Å². The molecule has 1 N–H and O–H groups in total. The highest BCUT2D eigenvalue weighted by Crippen LogP contribution is 2.16. The van der Waals surface area contributed by atoms with Gasteiger partial charge in [-0.15, -0.1) is 5.01 Å². The van der Waals surface area contributed by atoms with Crippen LogP contribution in [0.5, 0.6) is 0 Å². The predicted molar refractivity (Wildman–Crippen MR) is 60.4 cm³/mol. The SMILES string of the molecule is O=C(O)C1CCN(/[N+]([O-])=N/OCN2C(=O)CCC2=O)C1. The zero-order valence-electron chi connectivity index (χ0n) is 10.6. The second kappa shape index (κ2) is 5.72. The molecule has 10 heteroatoms. The van der Waals surface area contributed by atoms with Crippen molar-refractivity contribution in [3.63, 3.8) is 0 Å². The molecule has 0 aromatic rings. The summed E-state index contributed by atoms with van der Waals surface area (Å²) in [6.45, 7) is -0.102. The Hall–Kier alpha value is -2.39. The first-order valence-corrected chi connectivity index (χ1v) is 6.10. The second-order valence-electron chi connectivity index (χ2n) is 4.54. The third-order valence-corrected chi connectivity index (χ3v) is 3.23. The first-order chi connectivity index (χ1) is 9.49. The van der Waals surface area contributed by atoms with Gasteiger partial charge in [0.1, 0.15) is 0 Å². The van der Waals surface area contributed by atoms with Crippen LogP contribution in [-0.2, 0) is 19.2 Å². The van der Waals surface area contributed by atoms with Crippen LogP contribution in [0, 0.1) is 11.1 Å². The van der Waals surface area contributed by atoms with Crippen molar-refractivity contribution in [3.8, 4) is 0 Å². The van der Waals surface area contributed by atoms with Gasteiger partial charge in [0.05, 0.1) is 24.0 Å². The summed E-state index contributed by atoms with van der Waals surface area (Å²) >= 11 is 0. The Morgan fingerprint density at radius 3 is 2.65 bits per heavy atom. The quantitative estimate of drug-likeness (QED) is 0.307. The molecule has 20 heavy (non-hydrogen) atoms. The van der Waals surface area contributed by atoms with Gasteiger partial charge in [0.2, 0.25) is 23.8 Å². The minimum atomic E-state index is -0.963. The van der Waals surface area contributed by atoms with Crippen molar-refractivity contribution in [3.05, 3.63) is 5.21 Å². The zero-order valence-corrected chi connectivity index (χ0v) is 10.6. The van der Waals surface area contributed by atoms with Gasteiger partial charge in [0.25, 0.3) is 0 Å². The fraction of sp³-hybridized carbons (Fsp3) is 0.700. The Morgan fingerprint density at radius 2 is 2.10 bits per heavy atom. The Kier molecular flexibility index (Phi) is 4.01. The molecule has 2 fully saturated rings. The van der Waals surface area contributed by atoms with Crippen LogP contribution in [-0.4, -0.2) is 57.6 Å². The summed E-state index contributed by atoms with van der Waals surface area (Å²) in [5.41, 5.74) is 0. The van der Waals surface area contributed by atoms with Crippen molar-refractivity contribution >= 4 is 17.8 Å². The standard InChI is InChI=1S/C10H14N4O6/c15-8-1-2-9(16)13(8)6-20-11-14(19)12-4-3-7(5-12)10(17)18/h7H,1-6H2,(H,17,18)/b14-11-. The molecule has 0 saturated carbocycles. The van der Waals surface area contributed by atoms with Gasteiger partial charge in [0, 0.05) is 12.8 Å². The third-order valence-electron chi connectivity index (χ3n) is 3.23. The molecular weight excluding hydrogens is 272 g/mol. The fourth-order valence-corrected chi connectivity index (χ4v) is 2.05. The van der Waals surface area contributed by atoms with Gasteiger partial charge in [-0.3, -0.25) is 14.4 Å². The first kappa shape index (κ1) is 14.0. The molecule has 0 spiro atoms. The monoisotopic (exact) mass is 286 g/mol.